The molecule has 47 heavy (non-hydrogen) atoms. The second kappa shape index (κ2) is 9.92. The molecule has 0 saturated carbocycles. The molecule has 0 radical (unpaired) electrons. The van der Waals surface area contributed by atoms with Crippen molar-refractivity contribution in [3.05, 3.63) is 131 Å². The lowest BCUT2D eigenvalue weighted by atomic mass is 9.85. The zero-order valence-electron chi connectivity index (χ0n) is 28.0. The lowest BCUT2D eigenvalue weighted by Gasteiger charge is -2.19. The smallest absolute Gasteiger partial charge is 0.0544 e. The zero-order chi connectivity index (χ0) is 32.2. The molecule has 0 aliphatic heterocycles. The van der Waals surface area contributed by atoms with E-state index >= 15 is 0 Å². The SMILES string of the molecule is CC(C)(C)c1cccc2c1[nH]c1c(-c3ccc4c(c3)-c3cc(-c5cccc6c5sc5c(C(C)(C)C)cccc56)ccc3C4)cccc12. The van der Waals surface area contributed by atoms with Gasteiger partial charge in [-0.05, 0) is 79.5 Å². The number of hydrogen-bond acceptors (Lipinski definition) is 1. The summed E-state index contributed by atoms with van der Waals surface area (Å²) in [4.78, 5) is 3.88. The number of nitrogens with one attached hydrogen (secondary N) is 1. The van der Waals surface area contributed by atoms with E-state index < -0.39 is 0 Å². The molecule has 1 N–H and O–H groups in total. The predicted molar refractivity (Wildman–Crippen MR) is 205 cm³/mol. The van der Waals surface area contributed by atoms with Crippen molar-refractivity contribution in [2.24, 2.45) is 0 Å². The first-order valence-corrected chi connectivity index (χ1v) is 17.6. The summed E-state index contributed by atoms with van der Waals surface area (Å²) in [7, 11) is 0. The van der Waals surface area contributed by atoms with Crippen LogP contribution in [0.1, 0.15) is 63.8 Å². The van der Waals surface area contributed by atoms with Gasteiger partial charge in [0.05, 0.1) is 11.0 Å². The van der Waals surface area contributed by atoms with Gasteiger partial charge in [-0.3, -0.25) is 0 Å². The Hall–Kier alpha value is -4.66. The Kier molecular flexibility index (Phi) is 6.03. The van der Waals surface area contributed by atoms with Gasteiger partial charge in [0.2, 0.25) is 0 Å². The van der Waals surface area contributed by atoms with Crippen molar-refractivity contribution >= 4 is 53.3 Å². The number of aromatic amines is 1. The van der Waals surface area contributed by atoms with Gasteiger partial charge in [0, 0.05) is 36.5 Å². The summed E-state index contributed by atoms with van der Waals surface area (Å²) in [5.74, 6) is 0. The molecule has 0 fully saturated rings. The first-order chi connectivity index (χ1) is 22.6. The number of aromatic nitrogens is 1. The van der Waals surface area contributed by atoms with Crippen LogP contribution in [0.5, 0.6) is 0 Å². The zero-order valence-corrected chi connectivity index (χ0v) is 28.8. The summed E-state index contributed by atoms with van der Waals surface area (Å²) < 4.78 is 2.80. The van der Waals surface area contributed by atoms with Gasteiger partial charge in [-0.25, -0.2) is 0 Å². The van der Waals surface area contributed by atoms with Crippen LogP contribution >= 0.6 is 11.3 Å². The van der Waals surface area contributed by atoms with Gasteiger partial charge in [0.15, 0.2) is 0 Å². The van der Waals surface area contributed by atoms with Crippen molar-refractivity contribution in [3.63, 3.8) is 0 Å². The second-order valence-corrected chi connectivity index (χ2v) is 16.5. The molecule has 230 valence electrons. The highest BCUT2D eigenvalue weighted by atomic mass is 32.1. The Bertz CT molecular complexity index is 2380. The van der Waals surface area contributed by atoms with Gasteiger partial charge in [-0.1, -0.05) is 139 Å². The van der Waals surface area contributed by atoms with Gasteiger partial charge in [-0.15, -0.1) is 11.3 Å². The minimum atomic E-state index is 0.0601. The largest absolute Gasteiger partial charge is 0.354 e. The number of fused-ring (bicyclic) bond motifs is 9. The van der Waals surface area contributed by atoms with Crippen LogP contribution in [0.4, 0.5) is 0 Å². The molecule has 1 nitrogen and oxygen atoms in total. The molecule has 2 heterocycles. The summed E-state index contributed by atoms with van der Waals surface area (Å²) in [5.41, 5.74) is 16.1. The Morgan fingerprint density at radius 1 is 0.468 bits per heavy atom. The minimum Gasteiger partial charge on any atom is -0.354 e. The third-order valence-electron chi connectivity index (χ3n) is 10.3. The highest BCUT2D eigenvalue weighted by Gasteiger charge is 2.24. The van der Waals surface area contributed by atoms with E-state index in [0.717, 1.165) is 6.42 Å². The average Bonchev–Trinajstić information content (AvgIpc) is 3.74. The third-order valence-corrected chi connectivity index (χ3v) is 11.6. The Morgan fingerprint density at radius 3 is 1.62 bits per heavy atom. The monoisotopic (exact) mass is 625 g/mol. The number of rotatable bonds is 2. The van der Waals surface area contributed by atoms with Crippen LogP contribution in [-0.2, 0) is 17.3 Å². The van der Waals surface area contributed by atoms with E-state index in [0.29, 0.717) is 0 Å². The number of benzene rings is 6. The normalized spacial score (nSPS) is 13.2. The van der Waals surface area contributed by atoms with Crippen molar-refractivity contribution in [2.45, 2.75) is 58.8 Å². The predicted octanol–water partition coefficient (Wildman–Crippen LogP) is 13.2. The molecule has 8 aromatic rings. The topological polar surface area (TPSA) is 15.8 Å². The first kappa shape index (κ1) is 28.6. The maximum Gasteiger partial charge on any atom is 0.0544 e. The molecular weight excluding hydrogens is 587 g/mol. The van der Waals surface area contributed by atoms with E-state index in [1.807, 2.05) is 11.3 Å². The van der Waals surface area contributed by atoms with Crippen molar-refractivity contribution < 1.29 is 0 Å². The lowest BCUT2D eigenvalue weighted by Crippen LogP contribution is -2.11. The molecular formula is C45H39NS. The molecule has 0 saturated heterocycles. The molecule has 0 spiro atoms. The number of H-pyrrole nitrogens is 1. The Balaban J connectivity index is 1.19. The molecule has 0 unspecified atom stereocenters. The lowest BCUT2D eigenvalue weighted by molar-refractivity contribution is 0.595. The molecule has 0 atom stereocenters. The van der Waals surface area contributed by atoms with E-state index in [2.05, 4.69) is 156 Å². The second-order valence-electron chi connectivity index (χ2n) is 15.5. The molecule has 0 bridgehead atoms. The van der Waals surface area contributed by atoms with Crippen LogP contribution in [0, 0.1) is 0 Å². The van der Waals surface area contributed by atoms with Crippen LogP contribution in [0.15, 0.2) is 109 Å². The molecule has 2 heteroatoms. The van der Waals surface area contributed by atoms with Gasteiger partial charge < -0.3 is 4.98 Å². The molecule has 6 aromatic carbocycles. The molecule has 9 rings (SSSR count). The Morgan fingerprint density at radius 2 is 0.979 bits per heavy atom. The van der Waals surface area contributed by atoms with Crippen LogP contribution in [0.25, 0.3) is 75.4 Å². The van der Waals surface area contributed by atoms with Crippen LogP contribution in [0.2, 0.25) is 0 Å². The highest BCUT2D eigenvalue weighted by molar-refractivity contribution is 7.26. The molecule has 0 amide bonds. The van der Waals surface area contributed by atoms with E-state index in [1.165, 1.54) is 97.6 Å². The van der Waals surface area contributed by atoms with E-state index in [-0.39, 0.29) is 10.8 Å². The van der Waals surface area contributed by atoms with Crippen LogP contribution < -0.4 is 0 Å². The number of thiophene rings is 1. The third kappa shape index (κ3) is 4.35. The maximum absolute atomic E-state index is 3.88. The fraction of sp³-hybridized carbons (Fsp3) is 0.200. The van der Waals surface area contributed by atoms with Gasteiger partial charge >= 0.3 is 0 Å². The summed E-state index contributed by atoms with van der Waals surface area (Å²) in [5, 5.41) is 5.32. The van der Waals surface area contributed by atoms with Crippen LogP contribution in [-0.4, -0.2) is 4.98 Å². The van der Waals surface area contributed by atoms with E-state index in [4.69, 9.17) is 0 Å². The minimum absolute atomic E-state index is 0.0601. The summed E-state index contributed by atoms with van der Waals surface area (Å²) in [6.07, 6.45) is 0.985. The van der Waals surface area contributed by atoms with Crippen LogP contribution in [0.3, 0.4) is 0 Å². The van der Waals surface area contributed by atoms with Crippen molar-refractivity contribution in [2.75, 3.05) is 0 Å². The Labute approximate surface area is 280 Å². The van der Waals surface area contributed by atoms with E-state index in [1.54, 1.807) is 0 Å². The van der Waals surface area contributed by atoms with Gasteiger partial charge in [-0.2, -0.15) is 0 Å². The van der Waals surface area contributed by atoms with Gasteiger partial charge in [0.1, 0.15) is 0 Å². The van der Waals surface area contributed by atoms with E-state index in [9.17, 15) is 0 Å². The molecule has 1 aliphatic carbocycles. The number of hydrogen-bond donors (Lipinski definition) is 1. The average molecular weight is 626 g/mol. The fourth-order valence-corrected chi connectivity index (χ4v) is 9.51. The van der Waals surface area contributed by atoms with Crippen molar-refractivity contribution in [3.8, 4) is 33.4 Å². The van der Waals surface area contributed by atoms with Gasteiger partial charge in [0.25, 0.3) is 0 Å². The fourth-order valence-electron chi connectivity index (χ4n) is 7.95. The van der Waals surface area contributed by atoms with Crippen molar-refractivity contribution in [1.82, 2.24) is 4.98 Å². The standard InChI is InChI=1S/C45H39NS/c1-44(2,3)38-17-9-14-33-32-13-7-11-30(40(32)46-41(33)38)28-21-19-26-23-27-20-22-29(25-37(27)36(26)24-28)31-12-8-15-34-35-16-10-18-39(45(4,5)6)43(35)47-42(31)34/h7-22,24-25,46H,23H2,1-6H3. The first-order valence-electron chi connectivity index (χ1n) is 16.8. The highest BCUT2D eigenvalue weighted by Crippen LogP contribution is 2.47. The quantitative estimate of drug-likeness (QED) is 0.197. The summed E-state index contributed by atoms with van der Waals surface area (Å²) >= 11 is 1.96. The maximum atomic E-state index is 3.88. The summed E-state index contributed by atoms with van der Waals surface area (Å²) in [6.45, 7) is 13.9. The number of para-hydroxylation sites is 2. The molecule has 1 aliphatic rings. The molecule has 2 aromatic heterocycles. The summed E-state index contributed by atoms with van der Waals surface area (Å²) in [6, 6.07) is 41.4. The van der Waals surface area contributed by atoms with Crippen molar-refractivity contribution in [1.29, 1.82) is 0 Å².